The summed E-state index contributed by atoms with van der Waals surface area (Å²) >= 11 is 0. The molecule has 0 atom stereocenters. The molecule has 0 amide bonds. The van der Waals surface area contributed by atoms with Gasteiger partial charge in [-0.15, -0.1) is 26.3 Å². The van der Waals surface area contributed by atoms with Gasteiger partial charge in [-0.1, -0.05) is 36.4 Å². The Hall–Kier alpha value is -3.00. The number of hydrogen-bond acceptors (Lipinski definition) is 2. The van der Waals surface area contributed by atoms with Gasteiger partial charge in [-0.2, -0.15) is 0 Å². The van der Waals surface area contributed by atoms with Crippen LogP contribution in [0.25, 0.3) is 11.1 Å². The van der Waals surface area contributed by atoms with Gasteiger partial charge < -0.3 is 10.2 Å². The van der Waals surface area contributed by atoms with Crippen molar-refractivity contribution in [2.45, 2.75) is 25.7 Å². The highest BCUT2D eigenvalue weighted by atomic mass is 16.3. The Kier molecular flexibility index (Phi) is 6.62. The molecule has 2 heteroatoms. The van der Waals surface area contributed by atoms with Crippen LogP contribution >= 0.6 is 0 Å². The zero-order valence-electron chi connectivity index (χ0n) is 15.2. The van der Waals surface area contributed by atoms with Crippen LogP contribution in [0, 0.1) is 0 Å². The maximum atomic E-state index is 11.0. The number of aromatic hydroxyl groups is 2. The first-order chi connectivity index (χ1) is 12.6. The van der Waals surface area contributed by atoms with E-state index in [9.17, 15) is 10.2 Å². The van der Waals surface area contributed by atoms with Gasteiger partial charge in [0.1, 0.15) is 11.5 Å². The first-order valence-electron chi connectivity index (χ1n) is 8.70. The molecular weight excluding hydrogens is 320 g/mol. The first kappa shape index (κ1) is 19.3. The smallest absolute Gasteiger partial charge is 0.123 e. The predicted molar refractivity (Wildman–Crippen MR) is 111 cm³/mol. The lowest BCUT2D eigenvalue weighted by Gasteiger charge is -2.23. The second-order valence-corrected chi connectivity index (χ2v) is 6.16. The van der Waals surface area contributed by atoms with E-state index in [1.807, 2.05) is 24.3 Å². The highest BCUT2D eigenvalue weighted by Gasteiger charge is 2.22. The number of allylic oxidation sites excluding steroid dienone is 4. The van der Waals surface area contributed by atoms with Crippen molar-refractivity contribution in [1.29, 1.82) is 0 Å². The third-order valence-corrected chi connectivity index (χ3v) is 4.45. The Morgan fingerprint density at radius 3 is 1.38 bits per heavy atom. The normalized spacial score (nSPS) is 10.3. The molecule has 2 aromatic carbocycles. The topological polar surface area (TPSA) is 40.5 Å². The van der Waals surface area contributed by atoms with Gasteiger partial charge in [-0.3, -0.25) is 0 Å². The van der Waals surface area contributed by atoms with Crippen LogP contribution in [0.4, 0.5) is 0 Å². The van der Waals surface area contributed by atoms with Crippen molar-refractivity contribution in [3.05, 3.63) is 97.1 Å². The zero-order chi connectivity index (χ0) is 19.1. The largest absolute Gasteiger partial charge is 0.508 e. The summed E-state index contributed by atoms with van der Waals surface area (Å²) in [5, 5.41) is 20.6. The average molecular weight is 346 g/mol. The van der Waals surface area contributed by atoms with E-state index in [1.54, 1.807) is 24.3 Å². The SMILES string of the molecule is C=CCc1c(O)c(CC=C)c(CC=C)c(-c2ccc(O)cc2)c1CC=C. The lowest BCUT2D eigenvalue weighted by atomic mass is 9.82. The van der Waals surface area contributed by atoms with Crippen molar-refractivity contribution in [2.75, 3.05) is 0 Å². The van der Waals surface area contributed by atoms with Gasteiger partial charge in [0, 0.05) is 11.1 Å². The molecule has 0 aliphatic rings. The van der Waals surface area contributed by atoms with E-state index in [2.05, 4.69) is 26.3 Å². The van der Waals surface area contributed by atoms with Gasteiger partial charge >= 0.3 is 0 Å². The van der Waals surface area contributed by atoms with E-state index >= 15 is 0 Å². The van der Waals surface area contributed by atoms with Crippen LogP contribution in [-0.2, 0) is 25.7 Å². The summed E-state index contributed by atoms with van der Waals surface area (Å²) in [6.07, 6.45) is 9.68. The Morgan fingerprint density at radius 1 is 0.615 bits per heavy atom. The molecule has 26 heavy (non-hydrogen) atoms. The number of phenolic OH excluding ortho intramolecular Hbond substituents is 2. The molecule has 2 rings (SSSR count). The zero-order valence-corrected chi connectivity index (χ0v) is 15.2. The molecule has 0 aliphatic heterocycles. The number of rotatable bonds is 9. The second kappa shape index (κ2) is 8.91. The van der Waals surface area contributed by atoms with Crippen molar-refractivity contribution in [2.24, 2.45) is 0 Å². The van der Waals surface area contributed by atoms with Crippen molar-refractivity contribution in [3.63, 3.8) is 0 Å². The number of phenols is 2. The van der Waals surface area contributed by atoms with Crippen LogP contribution in [0.15, 0.2) is 74.9 Å². The van der Waals surface area contributed by atoms with E-state index in [-0.39, 0.29) is 5.75 Å². The third-order valence-electron chi connectivity index (χ3n) is 4.45. The van der Waals surface area contributed by atoms with Crippen molar-refractivity contribution in [1.82, 2.24) is 0 Å². The van der Waals surface area contributed by atoms with Crippen LogP contribution in [0.1, 0.15) is 22.3 Å². The van der Waals surface area contributed by atoms with Crippen molar-refractivity contribution in [3.8, 4) is 22.6 Å². The second-order valence-electron chi connectivity index (χ2n) is 6.16. The molecule has 0 saturated carbocycles. The van der Waals surface area contributed by atoms with E-state index in [0.717, 1.165) is 33.4 Å². The highest BCUT2D eigenvalue weighted by molar-refractivity contribution is 5.78. The Bertz CT molecular complexity index is 781. The minimum atomic E-state index is 0.223. The van der Waals surface area contributed by atoms with Crippen LogP contribution in [0.5, 0.6) is 11.5 Å². The average Bonchev–Trinajstić information content (AvgIpc) is 2.63. The van der Waals surface area contributed by atoms with Crippen LogP contribution in [0.2, 0.25) is 0 Å². The van der Waals surface area contributed by atoms with Gasteiger partial charge in [0.05, 0.1) is 0 Å². The summed E-state index contributed by atoms with van der Waals surface area (Å²) in [7, 11) is 0. The molecule has 0 fully saturated rings. The van der Waals surface area contributed by atoms with Crippen molar-refractivity contribution < 1.29 is 10.2 Å². The molecule has 134 valence electrons. The molecule has 0 aliphatic carbocycles. The molecule has 0 unspecified atom stereocenters. The van der Waals surface area contributed by atoms with Gasteiger partial charge in [0.2, 0.25) is 0 Å². The van der Waals surface area contributed by atoms with Gasteiger partial charge in [0.25, 0.3) is 0 Å². The Labute approximate surface area is 156 Å². The first-order valence-corrected chi connectivity index (χ1v) is 8.70. The maximum absolute atomic E-state index is 11.0. The highest BCUT2D eigenvalue weighted by Crippen LogP contribution is 2.41. The van der Waals surface area contributed by atoms with E-state index in [1.165, 1.54) is 0 Å². The minimum absolute atomic E-state index is 0.223. The maximum Gasteiger partial charge on any atom is 0.123 e. The molecule has 2 N–H and O–H groups in total. The molecule has 0 saturated heterocycles. The molecule has 0 heterocycles. The summed E-state index contributed by atoms with van der Waals surface area (Å²) in [6.45, 7) is 15.5. The van der Waals surface area contributed by atoms with Crippen LogP contribution in [-0.4, -0.2) is 10.2 Å². The number of benzene rings is 2. The fourth-order valence-electron chi connectivity index (χ4n) is 3.40. The van der Waals surface area contributed by atoms with E-state index in [4.69, 9.17) is 0 Å². The molecular formula is C24H26O2. The fraction of sp³-hybridized carbons (Fsp3) is 0.167. The van der Waals surface area contributed by atoms with Gasteiger partial charge in [-0.05, 0) is 60.1 Å². The monoisotopic (exact) mass is 346 g/mol. The predicted octanol–water partition coefficient (Wildman–Crippen LogP) is 5.68. The molecule has 0 spiro atoms. The molecule has 0 radical (unpaired) electrons. The van der Waals surface area contributed by atoms with Crippen LogP contribution in [0.3, 0.4) is 0 Å². The van der Waals surface area contributed by atoms with Crippen molar-refractivity contribution >= 4 is 0 Å². The summed E-state index contributed by atoms with van der Waals surface area (Å²) < 4.78 is 0. The summed E-state index contributed by atoms with van der Waals surface area (Å²) in [5.74, 6) is 0.529. The Morgan fingerprint density at radius 2 is 1.00 bits per heavy atom. The van der Waals surface area contributed by atoms with E-state index < -0.39 is 0 Å². The third kappa shape index (κ3) is 3.80. The van der Waals surface area contributed by atoms with Gasteiger partial charge in [-0.25, -0.2) is 0 Å². The summed E-state index contributed by atoms with van der Waals surface area (Å²) in [4.78, 5) is 0. The van der Waals surface area contributed by atoms with Crippen LogP contribution < -0.4 is 0 Å². The molecule has 2 aromatic rings. The summed E-state index contributed by atoms with van der Waals surface area (Å²) in [5.41, 5.74) is 5.87. The Balaban J connectivity index is 2.96. The minimum Gasteiger partial charge on any atom is -0.508 e. The molecule has 2 nitrogen and oxygen atoms in total. The van der Waals surface area contributed by atoms with Gasteiger partial charge in [0.15, 0.2) is 0 Å². The number of hydrogen-bond donors (Lipinski definition) is 2. The standard InChI is InChI=1S/C24H26O2/c1-5-9-19-21(11-7-3)24(26)22(12-8-4)20(10-6-2)23(19)17-13-15-18(25)16-14-17/h5-8,13-16,25-26H,1-4,9-12H2. The quantitative estimate of drug-likeness (QED) is 0.574. The fourth-order valence-corrected chi connectivity index (χ4v) is 3.40. The lowest BCUT2D eigenvalue weighted by molar-refractivity contribution is 0.462. The molecule has 0 aromatic heterocycles. The van der Waals surface area contributed by atoms with E-state index in [0.29, 0.717) is 31.4 Å². The lowest BCUT2D eigenvalue weighted by Crippen LogP contribution is -2.06. The summed E-state index contributed by atoms with van der Waals surface area (Å²) in [6, 6.07) is 7.16. The molecule has 0 bridgehead atoms.